The number of rotatable bonds is 7. The number of methoxy groups -OCH3 is 2. The minimum atomic E-state index is -3.68. The predicted octanol–water partition coefficient (Wildman–Crippen LogP) is 3.87. The molecule has 0 aliphatic rings. The Morgan fingerprint density at radius 3 is 1.92 bits per heavy atom. The Kier molecular flexibility index (Phi) is 6.08. The number of hydrogen-bond donors (Lipinski definition) is 1. The van der Waals surface area contributed by atoms with Crippen LogP contribution in [0.4, 0.5) is 0 Å². The summed E-state index contributed by atoms with van der Waals surface area (Å²) < 4.78 is 38.3. The summed E-state index contributed by atoms with van der Waals surface area (Å²) in [7, 11) is -0.697. The molecule has 0 bridgehead atoms. The lowest BCUT2D eigenvalue weighted by atomic mass is 10.00. The lowest BCUT2D eigenvalue weighted by Crippen LogP contribution is -2.27. The van der Waals surface area contributed by atoms with Gasteiger partial charge in [-0.2, -0.15) is 0 Å². The predicted molar refractivity (Wildman–Crippen MR) is 98.8 cm³/mol. The minimum absolute atomic E-state index is 0.135. The quantitative estimate of drug-likeness (QED) is 0.811. The van der Waals surface area contributed by atoms with Gasteiger partial charge in [-0.25, -0.2) is 13.1 Å². The van der Waals surface area contributed by atoms with E-state index < -0.39 is 10.0 Å². The fourth-order valence-corrected chi connectivity index (χ4v) is 3.77. The Balaban J connectivity index is 2.22. The minimum Gasteiger partial charge on any atom is -0.493 e. The fourth-order valence-electron chi connectivity index (χ4n) is 2.52. The molecular formula is C19H25NO4S. The molecule has 0 amide bonds. The van der Waals surface area contributed by atoms with Crippen LogP contribution in [0.15, 0.2) is 47.4 Å². The van der Waals surface area contributed by atoms with Crippen molar-refractivity contribution in [2.75, 3.05) is 14.2 Å². The van der Waals surface area contributed by atoms with Gasteiger partial charge in [0, 0.05) is 12.1 Å². The van der Waals surface area contributed by atoms with E-state index in [0.29, 0.717) is 17.4 Å². The van der Waals surface area contributed by atoms with Crippen molar-refractivity contribution in [1.82, 2.24) is 4.72 Å². The van der Waals surface area contributed by atoms with E-state index in [0.717, 1.165) is 5.56 Å². The number of benzene rings is 2. The van der Waals surface area contributed by atoms with Crippen molar-refractivity contribution in [3.8, 4) is 11.5 Å². The Morgan fingerprint density at radius 1 is 0.840 bits per heavy atom. The molecule has 2 aromatic carbocycles. The standard InChI is InChI=1S/C19H25NO4S/c1-13(2)15-6-8-16(9-7-15)14(3)20-25(21,22)17-10-11-18(23-4)19(12-17)24-5/h6-14,20H,1-5H3. The summed E-state index contributed by atoms with van der Waals surface area (Å²) in [5.74, 6) is 1.30. The van der Waals surface area contributed by atoms with Crippen molar-refractivity contribution in [2.24, 2.45) is 0 Å². The maximum Gasteiger partial charge on any atom is 0.241 e. The highest BCUT2D eigenvalue weighted by Crippen LogP contribution is 2.30. The van der Waals surface area contributed by atoms with E-state index in [9.17, 15) is 8.42 Å². The van der Waals surface area contributed by atoms with Crippen molar-refractivity contribution in [3.05, 3.63) is 53.6 Å². The van der Waals surface area contributed by atoms with E-state index in [4.69, 9.17) is 9.47 Å². The zero-order valence-corrected chi connectivity index (χ0v) is 16.1. The summed E-state index contributed by atoms with van der Waals surface area (Å²) in [6.07, 6.45) is 0. The molecule has 136 valence electrons. The second kappa shape index (κ2) is 7.89. The number of nitrogens with one attached hydrogen (secondary N) is 1. The highest BCUT2D eigenvalue weighted by Gasteiger charge is 2.20. The van der Waals surface area contributed by atoms with Gasteiger partial charge in [0.2, 0.25) is 10.0 Å². The van der Waals surface area contributed by atoms with Crippen molar-refractivity contribution >= 4 is 10.0 Å². The maximum atomic E-state index is 12.7. The summed E-state index contributed by atoms with van der Waals surface area (Å²) in [5, 5.41) is 0. The van der Waals surface area contributed by atoms with Crippen LogP contribution in [0.2, 0.25) is 0 Å². The molecule has 0 heterocycles. The summed E-state index contributed by atoms with van der Waals surface area (Å²) in [5.41, 5.74) is 2.13. The van der Waals surface area contributed by atoms with Gasteiger partial charge < -0.3 is 9.47 Å². The van der Waals surface area contributed by atoms with E-state index in [1.165, 1.54) is 31.9 Å². The molecule has 5 nitrogen and oxygen atoms in total. The highest BCUT2D eigenvalue weighted by atomic mass is 32.2. The summed E-state index contributed by atoms with van der Waals surface area (Å²) in [6.45, 7) is 6.07. The molecule has 2 rings (SSSR count). The molecule has 0 fully saturated rings. The van der Waals surface area contributed by atoms with Crippen LogP contribution in [0.5, 0.6) is 11.5 Å². The zero-order chi connectivity index (χ0) is 18.6. The number of sulfonamides is 1. The SMILES string of the molecule is COc1ccc(S(=O)(=O)NC(C)c2ccc(C(C)C)cc2)cc1OC. The lowest BCUT2D eigenvalue weighted by Gasteiger charge is -2.16. The summed E-state index contributed by atoms with van der Waals surface area (Å²) >= 11 is 0. The third-order valence-electron chi connectivity index (χ3n) is 4.10. The molecule has 25 heavy (non-hydrogen) atoms. The fraction of sp³-hybridized carbons (Fsp3) is 0.368. The first-order valence-electron chi connectivity index (χ1n) is 8.12. The van der Waals surface area contributed by atoms with Gasteiger partial charge in [0.25, 0.3) is 0 Å². The van der Waals surface area contributed by atoms with Gasteiger partial charge in [-0.3, -0.25) is 0 Å². The van der Waals surface area contributed by atoms with Crippen molar-refractivity contribution in [1.29, 1.82) is 0 Å². The molecule has 6 heteroatoms. The second-order valence-electron chi connectivity index (χ2n) is 6.18. The van der Waals surface area contributed by atoms with Crippen molar-refractivity contribution in [3.63, 3.8) is 0 Å². The molecule has 0 saturated carbocycles. The van der Waals surface area contributed by atoms with Crippen LogP contribution in [-0.2, 0) is 10.0 Å². The van der Waals surface area contributed by atoms with Gasteiger partial charge in [-0.15, -0.1) is 0 Å². The molecular weight excluding hydrogens is 338 g/mol. The maximum absolute atomic E-state index is 12.7. The molecule has 1 atom stereocenters. The molecule has 0 radical (unpaired) electrons. The zero-order valence-electron chi connectivity index (χ0n) is 15.2. The van der Waals surface area contributed by atoms with E-state index in [1.807, 2.05) is 31.2 Å². The van der Waals surface area contributed by atoms with Crippen LogP contribution in [0.3, 0.4) is 0 Å². The lowest BCUT2D eigenvalue weighted by molar-refractivity contribution is 0.354. The van der Waals surface area contributed by atoms with Crippen LogP contribution < -0.4 is 14.2 Å². The van der Waals surface area contributed by atoms with Gasteiger partial charge in [-0.05, 0) is 36.1 Å². The molecule has 0 aliphatic carbocycles. The first kappa shape index (κ1) is 19.3. The molecule has 0 aliphatic heterocycles. The number of ether oxygens (including phenoxy) is 2. The summed E-state index contributed by atoms with van der Waals surface area (Å²) in [6, 6.07) is 12.2. The van der Waals surface area contributed by atoms with Crippen LogP contribution in [0, 0.1) is 0 Å². The van der Waals surface area contributed by atoms with Gasteiger partial charge in [0.05, 0.1) is 19.1 Å². The molecule has 0 aromatic heterocycles. The van der Waals surface area contributed by atoms with Gasteiger partial charge in [0.15, 0.2) is 11.5 Å². The van der Waals surface area contributed by atoms with E-state index >= 15 is 0 Å². The largest absolute Gasteiger partial charge is 0.493 e. The van der Waals surface area contributed by atoms with Crippen molar-refractivity contribution in [2.45, 2.75) is 37.6 Å². The number of hydrogen-bond acceptors (Lipinski definition) is 4. The Bertz CT molecular complexity index is 814. The molecule has 1 unspecified atom stereocenters. The smallest absolute Gasteiger partial charge is 0.241 e. The van der Waals surface area contributed by atoms with Crippen LogP contribution in [0.1, 0.15) is 43.9 Å². The van der Waals surface area contributed by atoms with E-state index in [1.54, 1.807) is 6.07 Å². The van der Waals surface area contributed by atoms with Gasteiger partial charge in [0.1, 0.15) is 0 Å². The molecule has 1 N–H and O–H groups in total. The molecule has 2 aromatic rings. The highest BCUT2D eigenvalue weighted by molar-refractivity contribution is 7.89. The third kappa shape index (κ3) is 4.52. The third-order valence-corrected chi connectivity index (χ3v) is 5.64. The second-order valence-corrected chi connectivity index (χ2v) is 7.90. The van der Waals surface area contributed by atoms with Gasteiger partial charge >= 0.3 is 0 Å². The Morgan fingerprint density at radius 2 is 1.40 bits per heavy atom. The monoisotopic (exact) mass is 363 g/mol. The Labute approximate surface area is 150 Å². The van der Waals surface area contributed by atoms with Crippen LogP contribution in [0.25, 0.3) is 0 Å². The summed E-state index contributed by atoms with van der Waals surface area (Å²) in [4.78, 5) is 0.135. The van der Waals surface area contributed by atoms with Crippen LogP contribution >= 0.6 is 0 Å². The molecule has 0 spiro atoms. The van der Waals surface area contributed by atoms with Crippen molar-refractivity contribution < 1.29 is 17.9 Å². The molecule has 0 saturated heterocycles. The first-order valence-corrected chi connectivity index (χ1v) is 9.61. The van der Waals surface area contributed by atoms with E-state index in [-0.39, 0.29) is 10.9 Å². The Hall–Kier alpha value is -2.05. The first-order chi connectivity index (χ1) is 11.8. The normalized spacial score (nSPS) is 12.9. The van der Waals surface area contributed by atoms with Crippen LogP contribution in [-0.4, -0.2) is 22.6 Å². The topological polar surface area (TPSA) is 64.6 Å². The van der Waals surface area contributed by atoms with E-state index in [2.05, 4.69) is 18.6 Å². The average molecular weight is 363 g/mol. The van der Waals surface area contributed by atoms with Gasteiger partial charge in [-0.1, -0.05) is 38.1 Å². The average Bonchev–Trinajstić information content (AvgIpc) is 2.60.